The lowest BCUT2D eigenvalue weighted by molar-refractivity contribution is 0.154. The Hall–Kier alpha value is -3.74. The average molecular weight is 561 g/mol. The molecule has 3 aromatic carbocycles. The van der Waals surface area contributed by atoms with Crippen LogP contribution in [0.15, 0.2) is 79.0 Å². The normalized spacial score (nSPS) is 17.0. The first-order valence-electron chi connectivity index (χ1n) is 15.7. The number of rotatable bonds is 11. The van der Waals surface area contributed by atoms with Gasteiger partial charge < -0.3 is 20.4 Å². The Morgan fingerprint density at radius 1 is 0.857 bits per heavy atom. The van der Waals surface area contributed by atoms with E-state index in [1.54, 1.807) is 0 Å². The molecule has 2 aliphatic rings. The van der Waals surface area contributed by atoms with E-state index in [0.29, 0.717) is 5.92 Å². The molecule has 1 unspecified atom stereocenters. The number of benzene rings is 3. The number of anilines is 2. The molecule has 1 aromatic heterocycles. The van der Waals surface area contributed by atoms with Gasteiger partial charge in [0.05, 0.1) is 5.69 Å². The first kappa shape index (κ1) is 28.4. The van der Waals surface area contributed by atoms with Gasteiger partial charge in [0.25, 0.3) is 0 Å². The van der Waals surface area contributed by atoms with Gasteiger partial charge >= 0.3 is 0 Å². The number of piperazine rings is 1. The van der Waals surface area contributed by atoms with Gasteiger partial charge in [-0.25, -0.2) is 9.97 Å². The predicted octanol–water partition coefficient (Wildman–Crippen LogP) is 6.45. The fraction of sp³-hybridized carbons (Fsp3) is 0.389. The van der Waals surface area contributed by atoms with Gasteiger partial charge in [0.2, 0.25) is 5.95 Å². The Labute approximate surface area is 251 Å². The minimum atomic E-state index is 0.292. The lowest BCUT2D eigenvalue weighted by Crippen LogP contribution is -2.44. The molecule has 0 bridgehead atoms. The van der Waals surface area contributed by atoms with Gasteiger partial charge in [-0.3, -0.25) is 0 Å². The Balaban J connectivity index is 1.08. The van der Waals surface area contributed by atoms with Gasteiger partial charge in [-0.2, -0.15) is 0 Å². The largest absolute Gasteiger partial charge is 0.381 e. The highest BCUT2D eigenvalue weighted by Crippen LogP contribution is 2.42. The summed E-state index contributed by atoms with van der Waals surface area (Å²) in [6.45, 7) is 9.72. The Morgan fingerprint density at radius 3 is 2.40 bits per heavy atom. The summed E-state index contributed by atoms with van der Waals surface area (Å²) in [5.74, 6) is 1.02. The van der Waals surface area contributed by atoms with Crippen molar-refractivity contribution in [2.75, 3.05) is 56.9 Å². The summed E-state index contributed by atoms with van der Waals surface area (Å²) in [6, 6.07) is 26.7. The molecule has 42 heavy (non-hydrogen) atoms. The standard InChI is InChI=1S/C36H44N6/c1-3-7-27-10-12-28(13-11-27)25-38-31-16-14-29(15-17-31)34-24-30-26-39-36(40-35(30)33-9-5-4-8-32(33)34)37-18-6-19-42-22-20-41(2)21-23-42/h4-5,8-17,26,34,38H,3,6-7,18-25H2,1-2H3,(H,37,39,40). The van der Waals surface area contributed by atoms with Gasteiger partial charge in [-0.15, -0.1) is 0 Å². The fourth-order valence-corrected chi connectivity index (χ4v) is 6.24. The molecule has 2 heterocycles. The molecule has 0 amide bonds. The molecule has 1 atom stereocenters. The van der Waals surface area contributed by atoms with E-state index in [9.17, 15) is 0 Å². The molecule has 1 fully saturated rings. The molecule has 4 aromatic rings. The molecule has 1 aliphatic heterocycles. The highest BCUT2D eigenvalue weighted by Gasteiger charge is 2.27. The van der Waals surface area contributed by atoms with E-state index in [-0.39, 0.29) is 0 Å². The number of aryl methyl sites for hydroxylation is 1. The smallest absolute Gasteiger partial charge is 0.223 e. The molecule has 218 valence electrons. The lowest BCUT2D eigenvalue weighted by atomic mass is 9.78. The van der Waals surface area contributed by atoms with Crippen LogP contribution in [0.25, 0.3) is 11.3 Å². The molecular weight excluding hydrogens is 516 g/mol. The summed E-state index contributed by atoms with van der Waals surface area (Å²) < 4.78 is 0. The van der Waals surface area contributed by atoms with E-state index in [1.165, 1.54) is 39.8 Å². The second-order valence-corrected chi connectivity index (χ2v) is 11.9. The number of nitrogens with one attached hydrogen (secondary N) is 2. The van der Waals surface area contributed by atoms with Crippen LogP contribution in [0.1, 0.15) is 53.5 Å². The van der Waals surface area contributed by atoms with Crippen LogP contribution in [0.5, 0.6) is 0 Å². The molecule has 6 heteroatoms. The van der Waals surface area contributed by atoms with Crippen LogP contribution in [0.4, 0.5) is 11.6 Å². The summed E-state index contributed by atoms with van der Waals surface area (Å²) in [5, 5.41) is 7.08. The van der Waals surface area contributed by atoms with Crippen molar-refractivity contribution in [2.24, 2.45) is 0 Å². The van der Waals surface area contributed by atoms with Gasteiger partial charge in [-0.1, -0.05) is 74.0 Å². The zero-order chi connectivity index (χ0) is 28.7. The maximum absolute atomic E-state index is 5.01. The fourth-order valence-electron chi connectivity index (χ4n) is 6.24. The predicted molar refractivity (Wildman–Crippen MR) is 174 cm³/mol. The molecule has 1 saturated heterocycles. The maximum atomic E-state index is 5.01. The zero-order valence-electron chi connectivity index (χ0n) is 25.1. The SMILES string of the molecule is CCCc1ccc(CNc2ccc(C3Cc4cnc(NCCCN5CCN(C)CC5)nc4-c4ccccc43)cc2)cc1. The number of likely N-dealkylation sites (N-methyl/N-ethyl adjacent to an activating group) is 1. The first-order chi connectivity index (χ1) is 20.7. The van der Waals surface area contributed by atoms with Gasteiger partial charge in [-0.05, 0) is 72.8 Å². The van der Waals surface area contributed by atoms with Crippen molar-refractivity contribution in [3.63, 3.8) is 0 Å². The summed E-state index contributed by atoms with van der Waals surface area (Å²) in [5.41, 5.74) is 10.0. The second kappa shape index (κ2) is 13.5. The molecule has 2 N–H and O–H groups in total. The third-order valence-electron chi connectivity index (χ3n) is 8.78. The highest BCUT2D eigenvalue weighted by atomic mass is 15.2. The summed E-state index contributed by atoms with van der Waals surface area (Å²) >= 11 is 0. The Morgan fingerprint density at radius 2 is 1.62 bits per heavy atom. The molecule has 6 rings (SSSR count). The average Bonchev–Trinajstić information content (AvgIpc) is 3.04. The van der Waals surface area contributed by atoms with Crippen molar-refractivity contribution < 1.29 is 0 Å². The van der Waals surface area contributed by atoms with Crippen LogP contribution in [0.2, 0.25) is 0 Å². The van der Waals surface area contributed by atoms with Crippen LogP contribution >= 0.6 is 0 Å². The number of fused-ring (bicyclic) bond motifs is 3. The molecule has 0 spiro atoms. The molecular formula is C36H44N6. The van der Waals surface area contributed by atoms with Gasteiger partial charge in [0.1, 0.15) is 0 Å². The second-order valence-electron chi connectivity index (χ2n) is 11.9. The summed E-state index contributed by atoms with van der Waals surface area (Å²) in [4.78, 5) is 14.7. The van der Waals surface area contributed by atoms with Crippen molar-refractivity contribution in [3.8, 4) is 11.3 Å². The quantitative estimate of drug-likeness (QED) is 0.206. The van der Waals surface area contributed by atoms with E-state index in [1.807, 2.05) is 6.20 Å². The van der Waals surface area contributed by atoms with Gasteiger partial charge in [0.15, 0.2) is 0 Å². The van der Waals surface area contributed by atoms with Crippen LogP contribution in [0, 0.1) is 0 Å². The van der Waals surface area contributed by atoms with Crippen LogP contribution in [-0.4, -0.2) is 66.1 Å². The number of hydrogen-bond acceptors (Lipinski definition) is 6. The topological polar surface area (TPSA) is 56.3 Å². The molecule has 1 aliphatic carbocycles. The van der Waals surface area contributed by atoms with E-state index in [0.717, 1.165) is 82.4 Å². The number of hydrogen-bond donors (Lipinski definition) is 2. The van der Waals surface area contributed by atoms with Crippen molar-refractivity contribution >= 4 is 11.6 Å². The van der Waals surface area contributed by atoms with Crippen molar-refractivity contribution in [3.05, 3.63) is 107 Å². The zero-order valence-corrected chi connectivity index (χ0v) is 25.1. The van der Waals surface area contributed by atoms with Gasteiger partial charge in [0, 0.05) is 62.6 Å². The van der Waals surface area contributed by atoms with E-state index < -0.39 is 0 Å². The summed E-state index contributed by atoms with van der Waals surface area (Å²) in [6.07, 6.45) is 6.37. The van der Waals surface area contributed by atoms with E-state index in [4.69, 9.17) is 9.97 Å². The van der Waals surface area contributed by atoms with Crippen molar-refractivity contribution in [1.29, 1.82) is 0 Å². The lowest BCUT2D eigenvalue weighted by Gasteiger charge is -2.32. The van der Waals surface area contributed by atoms with Crippen molar-refractivity contribution in [2.45, 2.75) is 45.1 Å². The molecule has 6 nitrogen and oxygen atoms in total. The first-order valence-corrected chi connectivity index (χ1v) is 15.7. The minimum Gasteiger partial charge on any atom is -0.381 e. The highest BCUT2D eigenvalue weighted by molar-refractivity contribution is 5.72. The summed E-state index contributed by atoms with van der Waals surface area (Å²) in [7, 11) is 2.20. The van der Waals surface area contributed by atoms with Crippen LogP contribution in [-0.2, 0) is 19.4 Å². The molecule has 0 saturated carbocycles. The van der Waals surface area contributed by atoms with Crippen molar-refractivity contribution in [1.82, 2.24) is 19.8 Å². The maximum Gasteiger partial charge on any atom is 0.223 e. The van der Waals surface area contributed by atoms with E-state index in [2.05, 4.69) is 107 Å². The Kier molecular flexibility index (Phi) is 9.12. The Bertz CT molecular complexity index is 1440. The number of nitrogens with zero attached hydrogens (tertiary/aromatic N) is 4. The number of aromatic nitrogens is 2. The third-order valence-corrected chi connectivity index (χ3v) is 8.78. The minimum absolute atomic E-state index is 0.292. The monoisotopic (exact) mass is 560 g/mol. The third kappa shape index (κ3) is 6.83. The van der Waals surface area contributed by atoms with Crippen LogP contribution in [0.3, 0.4) is 0 Å². The molecule has 0 radical (unpaired) electrons. The van der Waals surface area contributed by atoms with E-state index >= 15 is 0 Å². The van der Waals surface area contributed by atoms with Crippen LogP contribution < -0.4 is 10.6 Å².